The minimum Gasteiger partial charge on any atom is -0.480 e. The quantitative estimate of drug-likeness (QED) is 0.916. The molecule has 2 aromatic rings. The van der Waals surface area contributed by atoms with E-state index in [9.17, 15) is 9.90 Å². The molecular formula is C15H15NO3. The zero-order chi connectivity index (χ0) is 13.2. The van der Waals surface area contributed by atoms with Gasteiger partial charge in [0.2, 0.25) is 0 Å². The van der Waals surface area contributed by atoms with Crippen LogP contribution in [0.4, 0.5) is 0 Å². The fourth-order valence-corrected chi connectivity index (χ4v) is 2.60. The van der Waals surface area contributed by atoms with E-state index in [4.69, 9.17) is 4.42 Å². The van der Waals surface area contributed by atoms with Crippen molar-refractivity contribution in [3.8, 4) is 0 Å². The number of carboxylic acids is 1. The Balaban J connectivity index is 1.87. The molecule has 1 atom stereocenters. The molecule has 4 heteroatoms. The Hall–Kier alpha value is -2.07. The topological polar surface area (TPSA) is 53.7 Å². The van der Waals surface area contributed by atoms with Crippen LogP contribution < -0.4 is 0 Å². The van der Waals surface area contributed by atoms with Crippen molar-refractivity contribution >= 4 is 5.97 Å². The Morgan fingerprint density at radius 1 is 1.32 bits per heavy atom. The van der Waals surface area contributed by atoms with Crippen LogP contribution in [0.2, 0.25) is 0 Å². The number of hydrogen-bond acceptors (Lipinski definition) is 3. The monoisotopic (exact) mass is 257 g/mol. The highest BCUT2D eigenvalue weighted by Gasteiger charge is 2.31. The molecule has 0 radical (unpaired) electrons. The van der Waals surface area contributed by atoms with Crippen molar-refractivity contribution in [2.75, 3.05) is 0 Å². The average molecular weight is 257 g/mol. The van der Waals surface area contributed by atoms with E-state index in [2.05, 4.69) is 6.07 Å². The second kappa shape index (κ2) is 4.90. The predicted molar refractivity (Wildman–Crippen MR) is 69.5 cm³/mol. The van der Waals surface area contributed by atoms with E-state index >= 15 is 0 Å². The molecule has 3 rings (SSSR count). The molecule has 0 saturated heterocycles. The SMILES string of the molecule is O=C(O)C1Cc2ccccc2CN1Cc1ccoc1. The van der Waals surface area contributed by atoms with E-state index in [0.29, 0.717) is 19.5 Å². The first-order valence-electron chi connectivity index (χ1n) is 6.29. The molecule has 1 aliphatic rings. The number of furan rings is 1. The standard InChI is InChI=1S/C15H15NO3/c17-15(18)14-7-12-3-1-2-4-13(12)9-16(14)8-11-5-6-19-10-11/h1-6,10,14H,7-9H2,(H,17,18). The van der Waals surface area contributed by atoms with Crippen molar-refractivity contribution in [3.05, 3.63) is 59.5 Å². The third-order valence-electron chi connectivity index (χ3n) is 3.60. The molecule has 0 fully saturated rings. The van der Waals surface area contributed by atoms with Gasteiger partial charge < -0.3 is 9.52 Å². The summed E-state index contributed by atoms with van der Waals surface area (Å²) in [6, 6.07) is 9.44. The third-order valence-corrected chi connectivity index (χ3v) is 3.60. The van der Waals surface area contributed by atoms with Crippen molar-refractivity contribution in [1.82, 2.24) is 4.90 Å². The van der Waals surface area contributed by atoms with E-state index in [1.807, 2.05) is 29.2 Å². The molecule has 4 nitrogen and oxygen atoms in total. The molecule has 1 aromatic carbocycles. The summed E-state index contributed by atoms with van der Waals surface area (Å²) in [4.78, 5) is 13.4. The van der Waals surface area contributed by atoms with Gasteiger partial charge in [0.15, 0.2) is 0 Å². The maximum atomic E-state index is 11.4. The Labute approximate surface area is 111 Å². The normalized spacial score (nSPS) is 19.1. The molecule has 0 bridgehead atoms. The van der Waals surface area contributed by atoms with Crippen LogP contribution in [-0.4, -0.2) is 22.0 Å². The highest BCUT2D eigenvalue weighted by atomic mass is 16.4. The summed E-state index contributed by atoms with van der Waals surface area (Å²) in [5.74, 6) is -0.766. The maximum Gasteiger partial charge on any atom is 0.321 e. The van der Waals surface area contributed by atoms with Gasteiger partial charge in [0, 0.05) is 18.7 Å². The Morgan fingerprint density at radius 3 is 2.79 bits per heavy atom. The number of aliphatic carboxylic acids is 1. The highest BCUT2D eigenvalue weighted by molar-refractivity contribution is 5.74. The van der Waals surface area contributed by atoms with Crippen molar-refractivity contribution in [2.24, 2.45) is 0 Å². The van der Waals surface area contributed by atoms with Crippen LogP contribution in [0.1, 0.15) is 16.7 Å². The number of nitrogens with zero attached hydrogens (tertiary/aromatic N) is 1. The van der Waals surface area contributed by atoms with Gasteiger partial charge in [0.1, 0.15) is 6.04 Å². The molecule has 98 valence electrons. The zero-order valence-corrected chi connectivity index (χ0v) is 10.5. The summed E-state index contributed by atoms with van der Waals surface area (Å²) in [6.07, 6.45) is 3.84. The fourth-order valence-electron chi connectivity index (χ4n) is 2.60. The minimum atomic E-state index is -0.766. The predicted octanol–water partition coefficient (Wildman–Crippen LogP) is 2.29. The Morgan fingerprint density at radius 2 is 2.11 bits per heavy atom. The van der Waals surface area contributed by atoms with Gasteiger partial charge in [-0.1, -0.05) is 24.3 Å². The fraction of sp³-hybridized carbons (Fsp3) is 0.267. The zero-order valence-electron chi connectivity index (χ0n) is 10.5. The van der Waals surface area contributed by atoms with Gasteiger partial charge in [-0.3, -0.25) is 9.69 Å². The van der Waals surface area contributed by atoms with E-state index in [0.717, 1.165) is 11.1 Å². The maximum absolute atomic E-state index is 11.4. The molecule has 1 aliphatic heterocycles. The van der Waals surface area contributed by atoms with Crippen LogP contribution in [0.25, 0.3) is 0 Å². The van der Waals surface area contributed by atoms with E-state index in [1.165, 1.54) is 5.56 Å². The first kappa shape index (κ1) is 12.0. The number of carbonyl (C=O) groups is 1. The second-order valence-corrected chi connectivity index (χ2v) is 4.86. The van der Waals surface area contributed by atoms with Gasteiger partial charge in [-0.15, -0.1) is 0 Å². The summed E-state index contributed by atoms with van der Waals surface area (Å²) in [6.45, 7) is 1.26. The lowest BCUT2D eigenvalue weighted by molar-refractivity contribution is -0.144. The molecule has 1 unspecified atom stereocenters. The van der Waals surface area contributed by atoms with Gasteiger partial charge >= 0.3 is 5.97 Å². The van der Waals surface area contributed by atoms with Crippen LogP contribution in [0.15, 0.2) is 47.3 Å². The molecule has 0 saturated carbocycles. The first-order valence-corrected chi connectivity index (χ1v) is 6.29. The number of fused-ring (bicyclic) bond motifs is 1. The number of benzene rings is 1. The van der Waals surface area contributed by atoms with Gasteiger partial charge in [-0.2, -0.15) is 0 Å². The molecule has 0 aliphatic carbocycles. The van der Waals surface area contributed by atoms with E-state index < -0.39 is 12.0 Å². The van der Waals surface area contributed by atoms with Crippen LogP contribution in [0.5, 0.6) is 0 Å². The lowest BCUT2D eigenvalue weighted by Gasteiger charge is -2.34. The summed E-state index contributed by atoms with van der Waals surface area (Å²) < 4.78 is 5.05. The first-order chi connectivity index (χ1) is 9.24. The molecule has 1 N–H and O–H groups in total. The molecule has 19 heavy (non-hydrogen) atoms. The molecule has 2 heterocycles. The van der Waals surface area contributed by atoms with Crippen molar-refractivity contribution in [2.45, 2.75) is 25.6 Å². The van der Waals surface area contributed by atoms with Crippen LogP contribution >= 0.6 is 0 Å². The number of carboxylic acid groups (broad SMARTS) is 1. The van der Waals surface area contributed by atoms with Crippen molar-refractivity contribution in [3.63, 3.8) is 0 Å². The largest absolute Gasteiger partial charge is 0.480 e. The minimum absolute atomic E-state index is 0.468. The number of rotatable bonds is 3. The summed E-state index contributed by atoms with van der Waals surface area (Å²) in [5.41, 5.74) is 3.35. The van der Waals surface area contributed by atoms with Gasteiger partial charge in [-0.05, 0) is 23.6 Å². The lowest BCUT2D eigenvalue weighted by Crippen LogP contribution is -2.44. The molecule has 1 aromatic heterocycles. The van der Waals surface area contributed by atoms with Crippen molar-refractivity contribution in [1.29, 1.82) is 0 Å². The van der Waals surface area contributed by atoms with Gasteiger partial charge in [0.25, 0.3) is 0 Å². The average Bonchev–Trinajstić information content (AvgIpc) is 2.90. The van der Waals surface area contributed by atoms with Crippen LogP contribution in [0.3, 0.4) is 0 Å². The van der Waals surface area contributed by atoms with E-state index in [1.54, 1.807) is 12.5 Å². The second-order valence-electron chi connectivity index (χ2n) is 4.86. The van der Waals surface area contributed by atoms with Crippen LogP contribution in [-0.2, 0) is 24.3 Å². The molecule has 0 amide bonds. The Bertz CT molecular complexity index is 577. The summed E-state index contributed by atoms with van der Waals surface area (Å²) in [5, 5.41) is 9.40. The van der Waals surface area contributed by atoms with E-state index in [-0.39, 0.29) is 0 Å². The lowest BCUT2D eigenvalue weighted by atomic mass is 9.94. The van der Waals surface area contributed by atoms with Gasteiger partial charge in [-0.25, -0.2) is 0 Å². The summed E-state index contributed by atoms with van der Waals surface area (Å²) >= 11 is 0. The number of hydrogen-bond donors (Lipinski definition) is 1. The Kier molecular flexibility index (Phi) is 3.09. The van der Waals surface area contributed by atoms with Gasteiger partial charge in [0.05, 0.1) is 12.5 Å². The summed E-state index contributed by atoms with van der Waals surface area (Å²) in [7, 11) is 0. The highest BCUT2D eigenvalue weighted by Crippen LogP contribution is 2.25. The molecular weight excluding hydrogens is 242 g/mol. The van der Waals surface area contributed by atoms with Crippen molar-refractivity contribution < 1.29 is 14.3 Å². The van der Waals surface area contributed by atoms with Crippen LogP contribution in [0, 0.1) is 0 Å². The molecule has 0 spiro atoms. The smallest absolute Gasteiger partial charge is 0.321 e. The third kappa shape index (κ3) is 2.39.